The summed E-state index contributed by atoms with van der Waals surface area (Å²) in [5.74, 6) is -2.14. The Morgan fingerprint density at radius 3 is 2.05 bits per heavy atom. The lowest BCUT2D eigenvalue weighted by molar-refractivity contribution is -0.140. The number of amides is 1. The van der Waals surface area contributed by atoms with E-state index in [0.29, 0.717) is 0 Å². The number of benzene rings is 1. The molecule has 0 unspecified atom stereocenters. The maximum absolute atomic E-state index is 12.2. The van der Waals surface area contributed by atoms with Crippen molar-refractivity contribution in [2.45, 2.75) is 27.7 Å². The van der Waals surface area contributed by atoms with Gasteiger partial charge in [0, 0.05) is 5.69 Å². The van der Waals surface area contributed by atoms with Crippen molar-refractivity contribution >= 4 is 17.6 Å². The third-order valence-corrected chi connectivity index (χ3v) is 3.87. The minimum absolute atomic E-state index is 0.206. The van der Waals surface area contributed by atoms with Gasteiger partial charge in [0.2, 0.25) is 5.91 Å². The van der Waals surface area contributed by atoms with Crippen molar-refractivity contribution in [3.05, 3.63) is 29.3 Å². The zero-order valence-corrected chi connectivity index (χ0v) is 11.7. The van der Waals surface area contributed by atoms with Crippen molar-refractivity contribution < 1.29 is 14.7 Å². The predicted molar refractivity (Wildman–Crippen MR) is 72.9 cm³/mol. The molecule has 2 N–H and O–H groups in total. The molecule has 0 spiro atoms. The van der Waals surface area contributed by atoms with E-state index < -0.39 is 23.2 Å². The second-order valence-electron chi connectivity index (χ2n) is 5.98. The molecule has 1 fully saturated rings. The van der Waals surface area contributed by atoms with E-state index in [1.807, 2.05) is 45.9 Å². The van der Waals surface area contributed by atoms with Crippen molar-refractivity contribution in [3.8, 4) is 0 Å². The predicted octanol–water partition coefficient (Wildman–Crippen LogP) is 2.60. The van der Waals surface area contributed by atoms with Gasteiger partial charge in [-0.1, -0.05) is 19.9 Å². The van der Waals surface area contributed by atoms with E-state index in [1.165, 1.54) is 0 Å². The average molecular weight is 261 g/mol. The first-order valence-corrected chi connectivity index (χ1v) is 6.35. The van der Waals surface area contributed by atoms with E-state index in [2.05, 4.69) is 5.32 Å². The zero-order chi connectivity index (χ0) is 14.4. The van der Waals surface area contributed by atoms with Crippen LogP contribution in [0.2, 0.25) is 0 Å². The maximum atomic E-state index is 12.2. The Morgan fingerprint density at radius 2 is 1.63 bits per heavy atom. The molecular formula is C15H19NO3. The Kier molecular flexibility index (Phi) is 3.12. The first-order chi connectivity index (χ1) is 8.73. The highest BCUT2D eigenvalue weighted by Gasteiger charge is 2.65. The van der Waals surface area contributed by atoms with Gasteiger partial charge in [-0.2, -0.15) is 0 Å². The maximum Gasteiger partial charge on any atom is 0.307 e. The van der Waals surface area contributed by atoms with Crippen molar-refractivity contribution in [2.24, 2.45) is 17.3 Å². The fourth-order valence-electron chi connectivity index (χ4n) is 2.85. The number of carboxylic acids is 1. The SMILES string of the molecule is Cc1cc(C)cc(NC(=O)[C@H]2[C@@H](C(=O)O)C2(C)C)c1. The summed E-state index contributed by atoms with van der Waals surface area (Å²) < 4.78 is 0. The number of aryl methyl sites for hydroxylation is 2. The van der Waals surface area contributed by atoms with Crippen molar-refractivity contribution in [2.75, 3.05) is 5.32 Å². The summed E-state index contributed by atoms with van der Waals surface area (Å²) in [6.07, 6.45) is 0. The molecule has 1 aliphatic rings. The molecular weight excluding hydrogens is 242 g/mol. The summed E-state index contributed by atoms with van der Waals surface area (Å²) in [5.41, 5.74) is 2.41. The lowest BCUT2D eigenvalue weighted by Crippen LogP contribution is -2.17. The van der Waals surface area contributed by atoms with Gasteiger partial charge in [-0.15, -0.1) is 0 Å². The summed E-state index contributed by atoms with van der Waals surface area (Å²) in [6, 6.07) is 5.79. The first kappa shape index (κ1) is 13.6. The number of anilines is 1. The molecule has 0 bridgehead atoms. The number of nitrogens with one attached hydrogen (secondary N) is 1. The topological polar surface area (TPSA) is 66.4 Å². The smallest absolute Gasteiger partial charge is 0.307 e. The van der Waals surface area contributed by atoms with E-state index in [-0.39, 0.29) is 5.91 Å². The zero-order valence-electron chi connectivity index (χ0n) is 11.7. The Bertz CT molecular complexity index is 528. The van der Waals surface area contributed by atoms with E-state index in [1.54, 1.807) is 0 Å². The fraction of sp³-hybridized carbons (Fsp3) is 0.467. The van der Waals surface area contributed by atoms with Crippen LogP contribution in [-0.4, -0.2) is 17.0 Å². The highest BCUT2D eigenvalue weighted by molar-refractivity contribution is 5.99. The van der Waals surface area contributed by atoms with Crippen LogP contribution in [0.25, 0.3) is 0 Å². The Hall–Kier alpha value is -1.84. The molecule has 0 radical (unpaired) electrons. The van der Waals surface area contributed by atoms with Crippen LogP contribution in [-0.2, 0) is 9.59 Å². The van der Waals surface area contributed by atoms with Gasteiger partial charge in [0.15, 0.2) is 0 Å². The lowest BCUT2D eigenvalue weighted by atomic mass is 10.1. The normalized spacial score (nSPS) is 23.8. The molecule has 19 heavy (non-hydrogen) atoms. The van der Waals surface area contributed by atoms with Gasteiger partial charge in [0.1, 0.15) is 0 Å². The van der Waals surface area contributed by atoms with Gasteiger partial charge < -0.3 is 10.4 Å². The van der Waals surface area contributed by atoms with Crippen molar-refractivity contribution in [1.29, 1.82) is 0 Å². The summed E-state index contributed by atoms with van der Waals surface area (Å²) in [7, 11) is 0. The van der Waals surface area contributed by atoms with Crippen molar-refractivity contribution in [1.82, 2.24) is 0 Å². The van der Waals surface area contributed by atoms with Gasteiger partial charge in [-0.3, -0.25) is 9.59 Å². The van der Waals surface area contributed by atoms with Gasteiger partial charge in [-0.25, -0.2) is 0 Å². The van der Waals surface area contributed by atoms with Gasteiger partial charge in [0.05, 0.1) is 11.8 Å². The molecule has 4 nitrogen and oxygen atoms in total. The van der Waals surface area contributed by atoms with Crippen molar-refractivity contribution in [3.63, 3.8) is 0 Å². The van der Waals surface area contributed by atoms with Gasteiger partial charge >= 0.3 is 5.97 Å². The lowest BCUT2D eigenvalue weighted by Gasteiger charge is -2.08. The molecule has 0 heterocycles. The molecule has 1 aromatic carbocycles. The number of aliphatic carboxylic acids is 1. The highest BCUT2D eigenvalue weighted by Crippen LogP contribution is 2.58. The monoisotopic (exact) mass is 261 g/mol. The number of carbonyl (C=O) groups excluding carboxylic acids is 1. The summed E-state index contributed by atoms with van der Waals surface area (Å²) in [4.78, 5) is 23.2. The minimum atomic E-state index is -0.898. The molecule has 4 heteroatoms. The number of hydrogen-bond acceptors (Lipinski definition) is 2. The Morgan fingerprint density at radius 1 is 1.11 bits per heavy atom. The largest absolute Gasteiger partial charge is 0.481 e. The highest BCUT2D eigenvalue weighted by atomic mass is 16.4. The fourth-order valence-corrected chi connectivity index (χ4v) is 2.85. The quantitative estimate of drug-likeness (QED) is 0.879. The van der Waals surface area contributed by atoms with Crippen LogP contribution in [0.3, 0.4) is 0 Å². The van der Waals surface area contributed by atoms with E-state index in [9.17, 15) is 9.59 Å². The number of carbonyl (C=O) groups is 2. The second kappa shape index (κ2) is 4.37. The molecule has 0 aromatic heterocycles. The second-order valence-corrected chi connectivity index (χ2v) is 5.98. The molecule has 0 saturated heterocycles. The molecule has 102 valence electrons. The Labute approximate surface area is 112 Å². The number of hydrogen-bond donors (Lipinski definition) is 2. The van der Waals surface area contributed by atoms with Crippen LogP contribution >= 0.6 is 0 Å². The minimum Gasteiger partial charge on any atom is -0.481 e. The number of carboxylic acid groups (broad SMARTS) is 1. The average Bonchev–Trinajstić information content (AvgIpc) is 2.80. The summed E-state index contributed by atoms with van der Waals surface area (Å²) in [5, 5.41) is 11.9. The molecule has 1 saturated carbocycles. The molecule has 1 aromatic rings. The number of rotatable bonds is 3. The van der Waals surface area contributed by atoms with Gasteiger partial charge in [-0.05, 0) is 42.5 Å². The molecule has 1 aliphatic carbocycles. The Balaban J connectivity index is 2.13. The van der Waals surface area contributed by atoms with Crippen LogP contribution in [0.4, 0.5) is 5.69 Å². The third kappa shape index (κ3) is 2.48. The molecule has 2 atom stereocenters. The molecule has 0 aliphatic heterocycles. The standard InChI is InChI=1S/C15H19NO3/c1-8-5-9(2)7-10(6-8)16-13(17)11-12(14(18)19)15(11,3)4/h5-7,11-12H,1-4H3,(H,16,17)(H,18,19)/t11-,12+/m1/s1. The van der Waals surface area contributed by atoms with E-state index in [4.69, 9.17) is 5.11 Å². The van der Waals surface area contributed by atoms with Crippen LogP contribution in [0.5, 0.6) is 0 Å². The first-order valence-electron chi connectivity index (χ1n) is 6.35. The van der Waals surface area contributed by atoms with E-state index in [0.717, 1.165) is 16.8 Å². The summed E-state index contributed by atoms with van der Waals surface area (Å²) in [6.45, 7) is 7.56. The molecule has 1 amide bonds. The van der Waals surface area contributed by atoms with Crippen LogP contribution in [0, 0.1) is 31.1 Å². The van der Waals surface area contributed by atoms with Crippen LogP contribution in [0.1, 0.15) is 25.0 Å². The summed E-state index contributed by atoms with van der Waals surface area (Å²) >= 11 is 0. The van der Waals surface area contributed by atoms with Gasteiger partial charge in [0.25, 0.3) is 0 Å². The van der Waals surface area contributed by atoms with Crippen LogP contribution in [0.15, 0.2) is 18.2 Å². The third-order valence-electron chi connectivity index (χ3n) is 3.87. The van der Waals surface area contributed by atoms with E-state index >= 15 is 0 Å². The van der Waals surface area contributed by atoms with Crippen LogP contribution < -0.4 is 5.32 Å². The molecule has 2 rings (SSSR count).